The average molecular weight is 190 g/mol. The molecule has 0 N–H and O–H groups in total. The van der Waals surface area contributed by atoms with E-state index in [4.69, 9.17) is 9.47 Å². The van der Waals surface area contributed by atoms with Crippen molar-refractivity contribution in [3.63, 3.8) is 0 Å². The highest BCUT2D eigenvalue weighted by Gasteiger charge is 2.19. The summed E-state index contributed by atoms with van der Waals surface area (Å²) >= 11 is 0. The van der Waals surface area contributed by atoms with E-state index in [0.29, 0.717) is 6.61 Å². The fraction of sp³-hybridized carbons (Fsp3) is 0.333. The first-order valence-electron chi connectivity index (χ1n) is 4.85. The molecule has 0 aromatic heterocycles. The second-order valence-corrected chi connectivity index (χ2v) is 3.42. The van der Waals surface area contributed by atoms with Gasteiger partial charge in [0.2, 0.25) is 0 Å². The fourth-order valence-corrected chi connectivity index (χ4v) is 1.39. The first kappa shape index (κ1) is 9.44. The van der Waals surface area contributed by atoms with Crippen molar-refractivity contribution in [2.24, 2.45) is 0 Å². The summed E-state index contributed by atoms with van der Waals surface area (Å²) in [7, 11) is 0. The van der Waals surface area contributed by atoms with Gasteiger partial charge < -0.3 is 9.47 Å². The number of hydrogen-bond acceptors (Lipinski definition) is 2. The monoisotopic (exact) mass is 190 g/mol. The molecule has 1 heterocycles. The second-order valence-electron chi connectivity index (χ2n) is 3.42. The molecule has 2 nitrogen and oxygen atoms in total. The minimum atomic E-state index is -0.176. The van der Waals surface area contributed by atoms with Crippen LogP contribution >= 0.6 is 0 Å². The summed E-state index contributed by atoms with van der Waals surface area (Å²) in [4.78, 5) is 0. The van der Waals surface area contributed by atoms with Crippen molar-refractivity contribution >= 4 is 6.08 Å². The number of ether oxygens (including phenoxy) is 2. The molecule has 14 heavy (non-hydrogen) atoms. The van der Waals surface area contributed by atoms with Crippen LogP contribution in [0.3, 0.4) is 0 Å². The Morgan fingerprint density at radius 1 is 1.29 bits per heavy atom. The molecule has 1 aliphatic rings. The van der Waals surface area contributed by atoms with Crippen LogP contribution in [0.5, 0.6) is 0 Å². The maximum Gasteiger partial charge on any atom is 0.177 e. The van der Waals surface area contributed by atoms with E-state index in [0.717, 1.165) is 0 Å². The maximum absolute atomic E-state index is 5.47. The highest BCUT2D eigenvalue weighted by Crippen LogP contribution is 2.13. The maximum atomic E-state index is 5.47. The Balaban J connectivity index is 1.94. The molecule has 74 valence electrons. The summed E-state index contributed by atoms with van der Waals surface area (Å²) < 4.78 is 10.9. The molecule has 0 radical (unpaired) electrons. The third-order valence-corrected chi connectivity index (χ3v) is 2.11. The lowest BCUT2D eigenvalue weighted by molar-refractivity contribution is -0.0155. The Labute approximate surface area is 84.2 Å². The number of rotatable bonds is 2. The number of hydrogen-bond donors (Lipinski definition) is 0. The first-order valence-corrected chi connectivity index (χ1v) is 4.85. The van der Waals surface area contributed by atoms with Crippen molar-refractivity contribution in [2.45, 2.75) is 19.3 Å². The molecule has 0 aliphatic carbocycles. The van der Waals surface area contributed by atoms with E-state index in [1.807, 2.05) is 37.3 Å². The minimum absolute atomic E-state index is 0.176. The lowest BCUT2D eigenvalue weighted by Crippen LogP contribution is -2.05. The molecule has 0 spiro atoms. The zero-order valence-electron chi connectivity index (χ0n) is 8.22. The van der Waals surface area contributed by atoms with Crippen molar-refractivity contribution in [3.05, 3.63) is 42.0 Å². The normalized spacial score (nSPS) is 27.2. The SMILES string of the molecule is C[C@H]1CO[C@@H](/C=C/c2ccccc2)O1. The zero-order chi connectivity index (χ0) is 9.80. The summed E-state index contributed by atoms with van der Waals surface area (Å²) in [5, 5.41) is 0. The fourth-order valence-electron chi connectivity index (χ4n) is 1.39. The van der Waals surface area contributed by atoms with Crippen LogP contribution in [-0.2, 0) is 9.47 Å². The molecule has 0 saturated carbocycles. The van der Waals surface area contributed by atoms with Gasteiger partial charge in [-0.2, -0.15) is 0 Å². The van der Waals surface area contributed by atoms with Gasteiger partial charge in [-0.1, -0.05) is 36.4 Å². The molecule has 2 atom stereocenters. The molecule has 2 rings (SSSR count). The van der Waals surface area contributed by atoms with Crippen LogP contribution in [0, 0.1) is 0 Å². The van der Waals surface area contributed by atoms with Crippen LogP contribution in [0.25, 0.3) is 6.08 Å². The summed E-state index contributed by atoms with van der Waals surface area (Å²) in [5.74, 6) is 0. The molecule has 1 aromatic rings. The van der Waals surface area contributed by atoms with Crippen molar-refractivity contribution in [1.29, 1.82) is 0 Å². The highest BCUT2D eigenvalue weighted by molar-refractivity contribution is 5.48. The molecule has 0 bridgehead atoms. The van der Waals surface area contributed by atoms with Crippen molar-refractivity contribution in [1.82, 2.24) is 0 Å². The zero-order valence-corrected chi connectivity index (χ0v) is 8.22. The molecular weight excluding hydrogens is 176 g/mol. The van der Waals surface area contributed by atoms with Crippen molar-refractivity contribution in [3.8, 4) is 0 Å². The van der Waals surface area contributed by atoms with E-state index < -0.39 is 0 Å². The van der Waals surface area contributed by atoms with Crippen LogP contribution in [0.15, 0.2) is 36.4 Å². The number of benzene rings is 1. The smallest absolute Gasteiger partial charge is 0.177 e. The van der Waals surface area contributed by atoms with Gasteiger partial charge in [0.15, 0.2) is 6.29 Å². The summed E-state index contributed by atoms with van der Waals surface area (Å²) in [6.45, 7) is 2.69. The molecule has 1 saturated heterocycles. The van der Waals surface area contributed by atoms with Crippen LogP contribution in [0.4, 0.5) is 0 Å². The summed E-state index contributed by atoms with van der Waals surface area (Å²) in [5.41, 5.74) is 1.17. The van der Waals surface area contributed by atoms with E-state index in [-0.39, 0.29) is 12.4 Å². The summed E-state index contributed by atoms with van der Waals surface area (Å²) in [6, 6.07) is 10.1. The van der Waals surface area contributed by atoms with Crippen LogP contribution in [0.1, 0.15) is 12.5 Å². The lowest BCUT2D eigenvalue weighted by Gasteiger charge is -2.02. The second kappa shape index (κ2) is 4.40. The van der Waals surface area contributed by atoms with Gasteiger partial charge in [0.1, 0.15) is 0 Å². The Hall–Kier alpha value is -1.12. The molecular formula is C12H14O2. The summed E-state index contributed by atoms with van der Waals surface area (Å²) in [6.07, 6.45) is 3.99. The predicted octanol–water partition coefficient (Wildman–Crippen LogP) is 2.46. The van der Waals surface area contributed by atoms with E-state index in [1.165, 1.54) is 5.56 Å². The molecule has 0 amide bonds. The molecule has 1 fully saturated rings. The first-order chi connectivity index (χ1) is 6.84. The van der Waals surface area contributed by atoms with Crippen LogP contribution in [0.2, 0.25) is 0 Å². The topological polar surface area (TPSA) is 18.5 Å². The predicted molar refractivity (Wildman–Crippen MR) is 55.8 cm³/mol. The van der Waals surface area contributed by atoms with Gasteiger partial charge in [0.05, 0.1) is 12.7 Å². The molecule has 2 heteroatoms. The van der Waals surface area contributed by atoms with E-state index in [9.17, 15) is 0 Å². The Bertz CT molecular complexity index is 305. The Morgan fingerprint density at radius 2 is 2.07 bits per heavy atom. The Morgan fingerprint density at radius 3 is 2.71 bits per heavy atom. The molecule has 1 aliphatic heterocycles. The van der Waals surface area contributed by atoms with Gasteiger partial charge in [-0.05, 0) is 18.6 Å². The molecule has 1 aromatic carbocycles. The lowest BCUT2D eigenvalue weighted by atomic mass is 10.2. The van der Waals surface area contributed by atoms with Gasteiger partial charge in [0.25, 0.3) is 0 Å². The van der Waals surface area contributed by atoms with Gasteiger partial charge in [-0.15, -0.1) is 0 Å². The largest absolute Gasteiger partial charge is 0.346 e. The van der Waals surface area contributed by atoms with Crippen molar-refractivity contribution < 1.29 is 9.47 Å². The van der Waals surface area contributed by atoms with Crippen LogP contribution < -0.4 is 0 Å². The third kappa shape index (κ3) is 2.44. The van der Waals surface area contributed by atoms with Gasteiger partial charge >= 0.3 is 0 Å². The standard InChI is InChI=1S/C12H14O2/c1-10-9-13-12(14-10)8-7-11-5-3-2-4-6-11/h2-8,10,12H,9H2,1H3/b8-7+/t10-,12+/m0/s1. The van der Waals surface area contributed by atoms with Gasteiger partial charge in [-0.25, -0.2) is 0 Å². The van der Waals surface area contributed by atoms with Gasteiger partial charge in [0, 0.05) is 0 Å². The highest BCUT2D eigenvalue weighted by atomic mass is 16.7. The quantitative estimate of drug-likeness (QED) is 0.713. The molecule has 0 unspecified atom stereocenters. The average Bonchev–Trinajstić information content (AvgIpc) is 2.63. The third-order valence-electron chi connectivity index (χ3n) is 2.11. The van der Waals surface area contributed by atoms with E-state index in [2.05, 4.69) is 12.1 Å². The Kier molecular flexibility index (Phi) is 2.96. The van der Waals surface area contributed by atoms with Gasteiger partial charge in [-0.3, -0.25) is 0 Å². The van der Waals surface area contributed by atoms with E-state index >= 15 is 0 Å². The van der Waals surface area contributed by atoms with Crippen molar-refractivity contribution in [2.75, 3.05) is 6.61 Å². The minimum Gasteiger partial charge on any atom is -0.346 e. The van der Waals surface area contributed by atoms with Crippen LogP contribution in [-0.4, -0.2) is 19.0 Å². The van der Waals surface area contributed by atoms with E-state index in [1.54, 1.807) is 0 Å².